The molecule has 0 amide bonds. The number of ketones is 1. The van der Waals surface area contributed by atoms with Gasteiger partial charge in [0.15, 0.2) is 5.78 Å². The fraction of sp³-hybridized carbons (Fsp3) is 0.300. The third-order valence-corrected chi connectivity index (χ3v) is 2.83. The Morgan fingerprint density at radius 3 is 2.25 bits per heavy atom. The first-order valence-corrected chi connectivity index (χ1v) is 5.05. The van der Waals surface area contributed by atoms with Gasteiger partial charge in [0, 0.05) is 5.56 Å². The Kier molecular flexibility index (Phi) is 3.86. The molecule has 0 N–H and O–H groups in total. The Morgan fingerprint density at radius 1 is 1.25 bits per heavy atom. The predicted octanol–water partition coefficient (Wildman–Crippen LogP) is 4.37. The van der Waals surface area contributed by atoms with Crippen molar-refractivity contribution in [2.45, 2.75) is 13.1 Å². The second kappa shape index (κ2) is 4.63. The number of carbonyl (C=O) groups excluding carboxylic acids is 1. The molecule has 0 aromatic heterocycles. The summed E-state index contributed by atoms with van der Waals surface area (Å²) in [4.78, 5) is 11.4. The lowest BCUT2D eigenvalue weighted by molar-refractivity contribution is -0.155. The first kappa shape index (κ1) is 13.3. The van der Waals surface area contributed by atoms with Crippen molar-refractivity contribution in [2.75, 3.05) is 0 Å². The molecule has 0 aliphatic rings. The number of alkyl halides is 3. The monoisotopic (exact) mass is 270 g/mol. The van der Waals surface area contributed by atoms with Crippen LogP contribution in [0.3, 0.4) is 0 Å². The largest absolute Gasteiger partial charge is 0.398 e. The van der Waals surface area contributed by atoms with Crippen LogP contribution in [0.2, 0.25) is 10.0 Å². The Hall–Kier alpha value is -0.740. The molecule has 1 aromatic carbocycles. The van der Waals surface area contributed by atoms with E-state index in [2.05, 4.69) is 0 Å². The molecule has 0 bridgehead atoms. The zero-order chi connectivity index (χ0) is 12.5. The molecule has 6 heteroatoms. The molecule has 0 radical (unpaired) electrons. The number of hydrogen-bond acceptors (Lipinski definition) is 1. The van der Waals surface area contributed by atoms with Gasteiger partial charge in [-0.05, 0) is 25.1 Å². The Labute approximate surface area is 100 Å². The van der Waals surface area contributed by atoms with Gasteiger partial charge in [0.25, 0.3) is 0 Å². The second-order valence-corrected chi connectivity index (χ2v) is 4.07. The summed E-state index contributed by atoms with van der Waals surface area (Å²) in [6, 6.07) is 3.65. The van der Waals surface area contributed by atoms with E-state index in [1.165, 1.54) is 12.1 Å². The van der Waals surface area contributed by atoms with Crippen LogP contribution < -0.4 is 0 Å². The van der Waals surface area contributed by atoms with Gasteiger partial charge >= 0.3 is 6.18 Å². The van der Waals surface area contributed by atoms with Gasteiger partial charge in [-0.1, -0.05) is 23.2 Å². The molecular weight excluding hydrogens is 264 g/mol. The molecule has 16 heavy (non-hydrogen) atoms. The Balaban J connectivity index is 3.02. The molecule has 0 saturated heterocycles. The molecule has 0 spiro atoms. The zero-order valence-electron chi connectivity index (χ0n) is 8.11. The molecule has 1 unspecified atom stereocenters. The van der Waals surface area contributed by atoms with Crippen molar-refractivity contribution in [3.63, 3.8) is 0 Å². The predicted molar refractivity (Wildman–Crippen MR) is 56.0 cm³/mol. The van der Waals surface area contributed by atoms with Crippen molar-refractivity contribution in [3.05, 3.63) is 33.8 Å². The van der Waals surface area contributed by atoms with Crippen LogP contribution in [-0.4, -0.2) is 12.0 Å². The topological polar surface area (TPSA) is 17.1 Å². The highest BCUT2D eigenvalue weighted by molar-refractivity contribution is 6.42. The van der Waals surface area contributed by atoms with Crippen molar-refractivity contribution >= 4 is 29.0 Å². The van der Waals surface area contributed by atoms with Crippen LogP contribution in [0.15, 0.2) is 18.2 Å². The SMILES string of the molecule is CC(C(=O)c1ccc(Cl)c(Cl)c1)C(F)(F)F. The summed E-state index contributed by atoms with van der Waals surface area (Å²) in [7, 11) is 0. The zero-order valence-corrected chi connectivity index (χ0v) is 9.62. The minimum absolute atomic E-state index is 0.0573. The van der Waals surface area contributed by atoms with E-state index in [0.29, 0.717) is 0 Å². The van der Waals surface area contributed by atoms with Gasteiger partial charge in [0.1, 0.15) is 5.92 Å². The number of carbonyl (C=O) groups is 1. The van der Waals surface area contributed by atoms with Gasteiger partial charge in [-0.2, -0.15) is 13.2 Å². The molecule has 1 aromatic rings. The minimum Gasteiger partial charge on any atom is -0.294 e. The smallest absolute Gasteiger partial charge is 0.294 e. The lowest BCUT2D eigenvalue weighted by atomic mass is 9.99. The molecule has 0 heterocycles. The van der Waals surface area contributed by atoms with E-state index in [9.17, 15) is 18.0 Å². The van der Waals surface area contributed by atoms with Gasteiger partial charge in [0.05, 0.1) is 10.0 Å². The van der Waals surface area contributed by atoms with E-state index in [1.54, 1.807) is 0 Å². The van der Waals surface area contributed by atoms with E-state index in [0.717, 1.165) is 13.0 Å². The van der Waals surface area contributed by atoms with E-state index < -0.39 is 17.9 Å². The molecule has 1 nitrogen and oxygen atoms in total. The number of benzene rings is 1. The third kappa shape index (κ3) is 2.89. The van der Waals surface area contributed by atoms with Crippen LogP contribution in [0.4, 0.5) is 13.2 Å². The van der Waals surface area contributed by atoms with Crippen LogP contribution >= 0.6 is 23.2 Å². The fourth-order valence-electron chi connectivity index (χ4n) is 1.05. The highest BCUT2D eigenvalue weighted by atomic mass is 35.5. The highest BCUT2D eigenvalue weighted by Crippen LogP contribution is 2.30. The Morgan fingerprint density at radius 2 is 1.81 bits per heavy atom. The maximum absolute atomic E-state index is 12.3. The summed E-state index contributed by atoms with van der Waals surface area (Å²) >= 11 is 11.2. The number of halogens is 5. The molecule has 0 aliphatic carbocycles. The maximum Gasteiger partial charge on any atom is 0.398 e. The lowest BCUT2D eigenvalue weighted by Crippen LogP contribution is -2.27. The second-order valence-electron chi connectivity index (χ2n) is 3.26. The first-order valence-electron chi connectivity index (χ1n) is 4.29. The summed E-state index contributed by atoms with van der Waals surface area (Å²) in [5.74, 6) is -3.07. The summed E-state index contributed by atoms with van der Waals surface area (Å²) in [5.41, 5.74) is -0.0979. The van der Waals surface area contributed by atoms with E-state index in [1.807, 2.05) is 0 Å². The number of hydrogen-bond donors (Lipinski definition) is 0. The van der Waals surface area contributed by atoms with Gasteiger partial charge < -0.3 is 0 Å². The average molecular weight is 271 g/mol. The fourth-order valence-corrected chi connectivity index (χ4v) is 1.35. The molecule has 1 rings (SSSR count). The Bertz CT molecular complexity index is 415. The van der Waals surface area contributed by atoms with Gasteiger partial charge in [-0.25, -0.2) is 0 Å². The number of Topliss-reactive ketones (excluding diaryl/α,β-unsaturated/α-hetero) is 1. The summed E-state index contributed by atoms with van der Waals surface area (Å²) < 4.78 is 36.9. The molecule has 88 valence electrons. The molecule has 0 saturated carbocycles. The summed E-state index contributed by atoms with van der Waals surface area (Å²) in [6.45, 7) is 0.810. The van der Waals surface area contributed by atoms with Crippen molar-refractivity contribution in [1.82, 2.24) is 0 Å². The van der Waals surface area contributed by atoms with Crippen LogP contribution in [0.25, 0.3) is 0 Å². The normalized spacial score (nSPS) is 13.6. The molecule has 1 atom stereocenters. The van der Waals surface area contributed by atoms with Crippen molar-refractivity contribution in [3.8, 4) is 0 Å². The van der Waals surface area contributed by atoms with Gasteiger partial charge in [-0.3, -0.25) is 4.79 Å². The van der Waals surface area contributed by atoms with Crippen molar-refractivity contribution < 1.29 is 18.0 Å². The standard InChI is InChI=1S/C10H7Cl2F3O/c1-5(10(13,14)15)9(16)6-2-3-7(11)8(12)4-6/h2-5H,1H3. The summed E-state index contributed by atoms with van der Waals surface area (Å²) in [6.07, 6.45) is -4.55. The molecule has 0 aliphatic heterocycles. The molecule has 0 fully saturated rings. The van der Waals surface area contributed by atoms with Crippen LogP contribution in [0.5, 0.6) is 0 Å². The van der Waals surface area contributed by atoms with Crippen LogP contribution in [0, 0.1) is 5.92 Å². The maximum atomic E-state index is 12.3. The van der Waals surface area contributed by atoms with Crippen LogP contribution in [0.1, 0.15) is 17.3 Å². The summed E-state index contributed by atoms with van der Waals surface area (Å²) in [5, 5.41) is 0.250. The van der Waals surface area contributed by atoms with Gasteiger partial charge in [0.2, 0.25) is 0 Å². The number of rotatable bonds is 2. The van der Waals surface area contributed by atoms with Gasteiger partial charge in [-0.15, -0.1) is 0 Å². The van der Waals surface area contributed by atoms with E-state index >= 15 is 0 Å². The highest BCUT2D eigenvalue weighted by Gasteiger charge is 2.41. The third-order valence-electron chi connectivity index (χ3n) is 2.09. The quantitative estimate of drug-likeness (QED) is 0.730. The van der Waals surface area contributed by atoms with Crippen LogP contribution in [-0.2, 0) is 0 Å². The van der Waals surface area contributed by atoms with Crippen molar-refractivity contribution in [1.29, 1.82) is 0 Å². The van der Waals surface area contributed by atoms with Crippen molar-refractivity contribution in [2.24, 2.45) is 5.92 Å². The lowest BCUT2D eigenvalue weighted by Gasteiger charge is -2.14. The molecular formula is C10H7Cl2F3O. The average Bonchev–Trinajstić information content (AvgIpc) is 2.18. The first-order chi connectivity index (χ1) is 7.23. The van der Waals surface area contributed by atoms with E-state index in [4.69, 9.17) is 23.2 Å². The van der Waals surface area contributed by atoms with E-state index in [-0.39, 0.29) is 15.6 Å². The minimum atomic E-state index is -4.55.